The van der Waals surface area contributed by atoms with Gasteiger partial charge in [0.1, 0.15) is 0 Å². The van der Waals surface area contributed by atoms with Crippen molar-refractivity contribution in [3.05, 3.63) is 17.5 Å². The number of amides is 2. The van der Waals surface area contributed by atoms with Gasteiger partial charge in [0.25, 0.3) is 0 Å². The number of rotatable bonds is 8. The SMILES string of the molecule is CC(C)c1cc(CNC(=O)NCCCC(C)(C)CO)on1. The standard InChI is InChI=1S/C15H27N3O3/c1-11(2)13-8-12(21-18-13)9-17-14(20)16-7-5-6-15(3,4)10-19/h8,11,19H,5-7,9-10H2,1-4H3,(H2,16,17,20). The summed E-state index contributed by atoms with van der Waals surface area (Å²) in [6.07, 6.45) is 1.70. The molecule has 0 saturated carbocycles. The first-order chi connectivity index (χ1) is 9.84. The molecule has 0 saturated heterocycles. The molecule has 0 aliphatic heterocycles. The molecule has 21 heavy (non-hydrogen) atoms. The molecule has 0 aliphatic rings. The summed E-state index contributed by atoms with van der Waals surface area (Å²) in [5.41, 5.74) is 0.795. The first-order valence-electron chi connectivity index (χ1n) is 7.42. The van der Waals surface area contributed by atoms with Crippen LogP contribution in [0, 0.1) is 5.41 Å². The minimum absolute atomic E-state index is 0.0920. The summed E-state index contributed by atoms with van der Waals surface area (Å²) < 4.78 is 5.14. The molecule has 0 bridgehead atoms. The zero-order valence-electron chi connectivity index (χ0n) is 13.4. The van der Waals surface area contributed by atoms with Gasteiger partial charge in [-0.25, -0.2) is 4.79 Å². The number of aliphatic hydroxyl groups excluding tert-OH is 1. The van der Waals surface area contributed by atoms with Crippen LogP contribution >= 0.6 is 0 Å². The zero-order valence-corrected chi connectivity index (χ0v) is 13.4. The summed E-state index contributed by atoms with van der Waals surface area (Å²) in [7, 11) is 0. The maximum atomic E-state index is 11.6. The van der Waals surface area contributed by atoms with Crippen molar-refractivity contribution in [3.63, 3.8) is 0 Å². The summed E-state index contributed by atoms with van der Waals surface area (Å²) in [4.78, 5) is 11.6. The van der Waals surface area contributed by atoms with Gasteiger partial charge in [-0.1, -0.05) is 32.9 Å². The molecule has 1 aromatic rings. The third-order valence-corrected chi connectivity index (χ3v) is 3.34. The first-order valence-corrected chi connectivity index (χ1v) is 7.42. The summed E-state index contributed by atoms with van der Waals surface area (Å²) in [5.74, 6) is 0.960. The lowest BCUT2D eigenvalue weighted by atomic mass is 9.89. The largest absolute Gasteiger partial charge is 0.396 e. The summed E-state index contributed by atoms with van der Waals surface area (Å²) in [6.45, 7) is 9.15. The molecule has 6 nitrogen and oxygen atoms in total. The highest BCUT2D eigenvalue weighted by Crippen LogP contribution is 2.20. The number of nitrogens with one attached hydrogen (secondary N) is 2. The lowest BCUT2D eigenvalue weighted by Gasteiger charge is -2.21. The predicted octanol–water partition coefficient (Wildman–Crippen LogP) is 2.40. The normalized spacial score (nSPS) is 11.7. The minimum Gasteiger partial charge on any atom is -0.396 e. The van der Waals surface area contributed by atoms with Gasteiger partial charge < -0.3 is 20.3 Å². The van der Waals surface area contributed by atoms with Crippen LogP contribution in [0.15, 0.2) is 10.6 Å². The maximum absolute atomic E-state index is 11.6. The third kappa shape index (κ3) is 6.62. The van der Waals surface area contributed by atoms with Crippen molar-refractivity contribution in [2.75, 3.05) is 13.2 Å². The Bertz CT molecular complexity index is 441. The van der Waals surface area contributed by atoms with Crippen LogP contribution < -0.4 is 10.6 Å². The van der Waals surface area contributed by atoms with E-state index < -0.39 is 0 Å². The summed E-state index contributed by atoms with van der Waals surface area (Å²) in [5, 5.41) is 18.6. The Labute approximate surface area is 126 Å². The van der Waals surface area contributed by atoms with Crippen molar-refractivity contribution in [1.82, 2.24) is 15.8 Å². The van der Waals surface area contributed by atoms with Crippen LogP contribution in [0.4, 0.5) is 4.79 Å². The number of hydrogen-bond acceptors (Lipinski definition) is 4. The molecule has 0 atom stereocenters. The maximum Gasteiger partial charge on any atom is 0.315 e. The molecule has 0 radical (unpaired) electrons. The molecule has 1 heterocycles. The van der Waals surface area contributed by atoms with Gasteiger partial charge in [-0.2, -0.15) is 0 Å². The van der Waals surface area contributed by atoms with E-state index in [0.717, 1.165) is 18.5 Å². The van der Waals surface area contributed by atoms with E-state index in [9.17, 15) is 4.79 Å². The molecule has 1 rings (SSSR count). The molecular formula is C15H27N3O3. The molecular weight excluding hydrogens is 270 g/mol. The van der Waals surface area contributed by atoms with Gasteiger partial charge in [0.2, 0.25) is 0 Å². The van der Waals surface area contributed by atoms with Gasteiger partial charge in [-0.15, -0.1) is 0 Å². The van der Waals surface area contributed by atoms with Crippen molar-refractivity contribution >= 4 is 6.03 Å². The van der Waals surface area contributed by atoms with E-state index in [0.29, 0.717) is 24.8 Å². The van der Waals surface area contributed by atoms with E-state index in [-0.39, 0.29) is 18.1 Å². The van der Waals surface area contributed by atoms with Gasteiger partial charge in [0.15, 0.2) is 5.76 Å². The van der Waals surface area contributed by atoms with Crippen LogP contribution in [0.5, 0.6) is 0 Å². The smallest absolute Gasteiger partial charge is 0.315 e. The predicted molar refractivity (Wildman–Crippen MR) is 80.9 cm³/mol. The first kappa shape index (κ1) is 17.5. The molecule has 6 heteroatoms. The highest BCUT2D eigenvalue weighted by atomic mass is 16.5. The Morgan fingerprint density at radius 2 is 2.14 bits per heavy atom. The lowest BCUT2D eigenvalue weighted by Crippen LogP contribution is -2.35. The van der Waals surface area contributed by atoms with Gasteiger partial charge >= 0.3 is 6.03 Å². The lowest BCUT2D eigenvalue weighted by molar-refractivity contribution is 0.148. The second-order valence-electron chi connectivity index (χ2n) is 6.41. The summed E-state index contributed by atoms with van der Waals surface area (Å²) in [6, 6.07) is 1.63. The molecule has 0 unspecified atom stereocenters. The van der Waals surface area contributed by atoms with Crippen molar-refractivity contribution in [2.24, 2.45) is 5.41 Å². The van der Waals surface area contributed by atoms with Gasteiger partial charge in [0.05, 0.1) is 12.2 Å². The van der Waals surface area contributed by atoms with E-state index >= 15 is 0 Å². The third-order valence-electron chi connectivity index (χ3n) is 3.34. The van der Waals surface area contributed by atoms with Gasteiger partial charge in [-0.05, 0) is 24.2 Å². The number of carbonyl (C=O) groups is 1. The molecule has 0 spiro atoms. The van der Waals surface area contributed by atoms with Gasteiger partial charge in [-0.3, -0.25) is 0 Å². The zero-order chi connectivity index (χ0) is 15.9. The average molecular weight is 297 g/mol. The van der Waals surface area contributed by atoms with Crippen molar-refractivity contribution < 1.29 is 14.4 Å². The molecule has 3 N–H and O–H groups in total. The molecule has 120 valence electrons. The summed E-state index contributed by atoms with van der Waals surface area (Å²) >= 11 is 0. The van der Waals surface area contributed by atoms with E-state index in [1.54, 1.807) is 0 Å². The second kappa shape index (κ2) is 8.02. The van der Waals surface area contributed by atoms with E-state index in [1.165, 1.54) is 0 Å². The molecule has 0 aromatic carbocycles. The average Bonchev–Trinajstić information content (AvgIpc) is 2.90. The number of carbonyl (C=O) groups excluding carboxylic acids is 1. The number of urea groups is 1. The van der Waals surface area contributed by atoms with Crippen LogP contribution in [0.3, 0.4) is 0 Å². The second-order valence-corrected chi connectivity index (χ2v) is 6.41. The Morgan fingerprint density at radius 3 is 2.71 bits per heavy atom. The Hall–Kier alpha value is -1.56. The van der Waals surface area contributed by atoms with Crippen LogP contribution in [-0.4, -0.2) is 29.4 Å². The fraction of sp³-hybridized carbons (Fsp3) is 0.733. The van der Waals surface area contributed by atoms with Crippen LogP contribution in [0.2, 0.25) is 0 Å². The van der Waals surface area contributed by atoms with Crippen LogP contribution in [0.25, 0.3) is 0 Å². The number of nitrogens with zero attached hydrogens (tertiary/aromatic N) is 1. The van der Waals surface area contributed by atoms with Crippen LogP contribution in [-0.2, 0) is 6.54 Å². The molecule has 1 aromatic heterocycles. The Morgan fingerprint density at radius 1 is 1.43 bits per heavy atom. The minimum atomic E-state index is -0.223. The highest BCUT2D eigenvalue weighted by Gasteiger charge is 2.15. The Balaban J connectivity index is 2.19. The topological polar surface area (TPSA) is 87.4 Å². The van der Waals surface area contributed by atoms with E-state index in [4.69, 9.17) is 9.63 Å². The van der Waals surface area contributed by atoms with Crippen molar-refractivity contribution in [3.8, 4) is 0 Å². The number of aliphatic hydroxyl groups is 1. The van der Waals surface area contributed by atoms with Crippen molar-refractivity contribution in [2.45, 2.75) is 53.0 Å². The fourth-order valence-electron chi connectivity index (χ4n) is 1.76. The molecule has 0 fully saturated rings. The fourth-order valence-corrected chi connectivity index (χ4v) is 1.76. The monoisotopic (exact) mass is 297 g/mol. The quantitative estimate of drug-likeness (QED) is 0.643. The highest BCUT2D eigenvalue weighted by molar-refractivity contribution is 5.73. The molecule has 2 amide bonds. The van der Waals surface area contributed by atoms with E-state index in [2.05, 4.69) is 15.8 Å². The van der Waals surface area contributed by atoms with Gasteiger partial charge in [0, 0.05) is 19.2 Å². The number of hydrogen-bond donors (Lipinski definition) is 3. The molecule has 0 aliphatic carbocycles. The van der Waals surface area contributed by atoms with Crippen LogP contribution in [0.1, 0.15) is 57.9 Å². The number of aromatic nitrogens is 1. The Kier molecular flexibility index (Phi) is 6.68. The van der Waals surface area contributed by atoms with E-state index in [1.807, 2.05) is 33.8 Å². The van der Waals surface area contributed by atoms with Crippen molar-refractivity contribution in [1.29, 1.82) is 0 Å².